The van der Waals surface area contributed by atoms with Crippen LogP contribution < -0.4 is 0 Å². The minimum Gasteiger partial charge on any atom is -0.308 e. The molecule has 0 unspecified atom stereocenters. The van der Waals surface area contributed by atoms with Crippen LogP contribution in [0, 0.1) is 0 Å². The molecule has 0 aliphatic heterocycles. The van der Waals surface area contributed by atoms with E-state index in [0.29, 0.717) is 0 Å². The van der Waals surface area contributed by atoms with Crippen LogP contribution in [0.2, 0.25) is 0 Å². The van der Waals surface area contributed by atoms with Crippen molar-refractivity contribution in [3.63, 3.8) is 0 Å². The van der Waals surface area contributed by atoms with Gasteiger partial charge in [-0.25, -0.2) is 0 Å². The molecule has 2 heterocycles. The van der Waals surface area contributed by atoms with Crippen LogP contribution in [0.5, 0.6) is 0 Å². The van der Waals surface area contributed by atoms with Crippen molar-refractivity contribution >= 4 is 97.5 Å². The molecule has 0 aliphatic carbocycles. The zero-order valence-electron chi connectivity index (χ0n) is 31.5. The molecule has 13 rings (SSSR count). The number of nitrogens with zero attached hydrogens (tertiary/aromatic N) is 2. The average molecular weight is 735 g/mol. The van der Waals surface area contributed by atoms with Crippen LogP contribution >= 0.6 is 0 Å². The first-order valence-corrected chi connectivity index (χ1v) is 20.1. The van der Waals surface area contributed by atoms with Gasteiger partial charge in [0.1, 0.15) is 0 Å². The van der Waals surface area contributed by atoms with Gasteiger partial charge in [-0.05, 0) is 68.4 Å². The van der Waals surface area contributed by atoms with Crippen molar-refractivity contribution in [2.75, 3.05) is 0 Å². The third kappa shape index (κ3) is 4.21. The van der Waals surface area contributed by atoms with E-state index in [2.05, 4.69) is 215 Å². The minimum absolute atomic E-state index is 1.19. The van der Waals surface area contributed by atoms with Crippen LogP contribution in [0.4, 0.5) is 0 Å². The van der Waals surface area contributed by atoms with Crippen LogP contribution in [-0.4, -0.2) is 9.13 Å². The van der Waals surface area contributed by atoms with Gasteiger partial charge in [0.05, 0.1) is 33.4 Å². The Hall–Kier alpha value is -7.68. The SMILES string of the molecule is c1ccc(-c2ccc3c(c2)c2c4c5ccccc5c5c6ccccc6n(-c6cccc7ccccc67)c5c4c4ccccc4c2n3-c2cccc3ccccc23)cc1. The molecule has 11 aromatic carbocycles. The summed E-state index contributed by atoms with van der Waals surface area (Å²) in [6.45, 7) is 0. The van der Waals surface area contributed by atoms with Gasteiger partial charge in [0.15, 0.2) is 0 Å². The van der Waals surface area contributed by atoms with E-state index in [-0.39, 0.29) is 0 Å². The number of fused-ring (bicyclic) bond motifs is 17. The smallest absolute Gasteiger partial charge is 0.0632 e. The van der Waals surface area contributed by atoms with Crippen LogP contribution in [0.25, 0.3) is 120 Å². The van der Waals surface area contributed by atoms with Crippen molar-refractivity contribution in [2.45, 2.75) is 0 Å². The molecule has 13 aromatic rings. The maximum Gasteiger partial charge on any atom is 0.0632 e. The molecule has 0 bridgehead atoms. The molecule has 2 nitrogen and oxygen atoms in total. The molecular weight excluding hydrogens is 701 g/mol. The first kappa shape index (κ1) is 31.5. The topological polar surface area (TPSA) is 9.86 Å². The monoisotopic (exact) mass is 734 g/mol. The molecule has 58 heavy (non-hydrogen) atoms. The molecule has 0 atom stereocenters. The minimum atomic E-state index is 1.19. The van der Waals surface area contributed by atoms with Gasteiger partial charge < -0.3 is 9.13 Å². The van der Waals surface area contributed by atoms with Crippen molar-refractivity contribution < 1.29 is 0 Å². The molecule has 0 spiro atoms. The Morgan fingerprint density at radius 3 is 1.38 bits per heavy atom. The lowest BCUT2D eigenvalue weighted by atomic mass is 9.89. The molecule has 0 radical (unpaired) electrons. The summed E-state index contributed by atoms with van der Waals surface area (Å²) in [5, 5.41) is 17.6. The van der Waals surface area contributed by atoms with E-state index >= 15 is 0 Å². The van der Waals surface area contributed by atoms with Crippen molar-refractivity contribution in [1.29, 1.82) is 0 Å². The fourth-order valence-corrected chi connectivity index (χ4v) is 10.3. The molecule has 0 amide bonds. The predicted molar refractivity (Wildman–Crippen MR) is 248 cm³/mol. The highest BCUT2D eigenvalue weighted by atomic mass is 15.0. The molecular formula is C56H34N2. The Kier molecular flexibility index (Phi) is 6.47. The van der Waals surface area contributed by atoms with E-state index in [0.717, 1.165) is 0 Å². The summed E-state index contributed by atoms with van der Waals surface area (Å²) in [7, 11) is 0. The molecule has 0 saturated carbocycles. The van der Waals surface area contributed by atoms with Gasteiger partial charge in [0.2, 0.25) is 0 Å². The van der Waals surface area contributed by atoms with Gasteiger partial charge in [0.25, 0.3) is 0 Å². The van der Waals surface area contributed by atoms with Gasteiger partial charge in [-0.3, -0.25) is 0 Å². The Morgan fingerprint density at radius 2 is 0.707 bits per heavy atom. The van der Waals surface area contributed by atoms with Gasteiger partial charge in [0, 0.05) is 48.5 Å². The van der Waals surface area contributed by atoms with Crippen molar-refractivity contribution in [3.05, 3.63) is 206 Å². The average Bonchev–Trinajstić information content (AvgIpc) is 3.82. The predicted octanol–water partition coefficient (Wildman–Crippen LogP) is 15.3. The molecule has 0 fully saturated rings. The zero-order valence-corrected chi connectivity index (χ0v) is 31.5. The third-order valence-corrected chi connectivity index (χ3v) is 12.6. The number of aromatic nitrogens is 2. The largest absolute Gasteiger partial charge is 0.308 e. The Morgan fingerprint density at radius 1 is 0.241 bits per heavy atom. The second kappa shape index (κ2) is 11.9. The lowest BCUT2D eigenvalue weighted by molar-refractivity contribution is 1.20. The van der Waals surface area contributed by atoms with Crippen LogP contribution in [0.3, 0.4) is 0 Å². The number of para-hydroxylation sites is 1. The van der Waals surface area contributed by atoms with E-state index in [4.69, 9.17) is 0 Å². The van der Waals surface area contributed by atoms with Crippen molar-refractivity contribution in [1.82, 2.24) is 9.13 Å². The summed E-state index contributed by atoms with van der Waals surface area (Å²) in [5.41, 5.74) is 9.68. The summed E-state index contributed by atoms with van der Waals surface area (Å²) in [4.78, 5) is 0. The lowest BCUT2D eigenvalue weighted by Crippen LogP contribution is -1.98. The van der Waals surface area contributed by atoms with Crippen molar-refractivity contribution in [2.24, 2.45) is 0 Å². The van der Waals surface area contributed by atoms with Crippen molar-refractivity contribution in [3.8, 4) is 22.5 Å². The van der Waals surface area contributed by atoms with Gasteiger partial charge in [-0.1, -0.05) is 176 Å². The standard InChI is InChI=1S/C56H34N2/c1-2-16-35(17-3-1)38-32-33-50-46(34-38)54-52-42-25-9-8-24-41(42)51-45-28-12-13-29-49(45)58(48-31-15-21-37-19-5-7-23-40(37)48)56(51)53(52)43-26-10-11-27-44(43)55(54)57(50)47-30-14-20-36-18-4-6-22-39(36)47/h1-34H. The molecule has 268 valence electrons. The fraction of sp³-hybridized carbons (Fsp3) is 0. The van der Waals surface area contributed by atoms with Gasteiger partial charge in [-0.2, -0.15) is 0 Å². The number of hydrogen-bond acceptors (Lipinski definition) is 0. The van der Waals surface area contributed by atoms with Gasteiger partial charge in [-0.15, -0.1) is 0 Å². The first-order chi connectivity index (χ1) is 28.8. The summed E-state index contributed by atoms with van der Waals surface area (Å²) in [5.74, 6) is 0. The highest BCUT2D eigenvalue weighted by Crippen LogP contribution is 2.51. The molecule has 0 N–H and O–H groups in total. The highest BCUT2D eigenvalue weighted by molar-refractivity contribution is 6.45. The Labute approximate surface area is 334 Å². The Bertz CT molecular complexity index is 3840. The third-order valence-electron chi connectivity index (χ3n) is 12.6. The Balaban J connectivity index is 1.36. The van der Waals surface area contributed by atoms with Crippen LogP contribution in [0.15, 0.2) is 206 Å². The normalized spacial score (nSPS) is 12.1. The van der Waals surface area contributed by atoms with E-state index in [9.17, 15) is 0 Å². The quantitative estimate of drug-likeness (QED) is 0.160. The second-order valence-corrected chi connectivity index (χ2v) is 15.6. The van der Waals surface area contributed by atoms with E-state index in [1.54, 1.807) is 0 Å². The zero-order chi connectivity index (χ0) is 37.9. The number of rotatable bonds is 3. The molecule has 2 heteroatoms. The number of hydrogen-bond donors (Lipinski definition) is 0. The summed E-state index contributed by atoms with van der Waals surface area (Å²) >= 11 is 0. The molecule has 2 aromatic heterocycles. The maximum absolute atomic E-state index is 2.57. The van der Waals surface area contributed by atoms with Gasteiger partial charge >= 0.3 is 0 Å². The summed E-state index contributed by atoms with van der Waals surface area (Å²) in [6, 6.07) is 76.3. The van der Waals surface area contributed by atoms with E-state index in [1.807, 2.05) is 0 Å². The lowest BCUT2D eigenvalue weighted by Gasteiger charge is -2.18. The summed E-state index contributed by atoms with van der Waals surface area (Å²) in [6.07, 6.45) is 0. The number of benzene rings is 11. The van der Waals surface area contributed by atoms with Crippen LogP contribution in [-0.2, 0) is 0 Å². The van der Waals surface area contributed by atoms with E-state index < -0.39 is 0 Å². The second-order valence-electron chi connectivity index (χ2n) is 15.6. The molecule has 0 saturated heterocycles. The van der Waals surface area contributed by atoms with Crippen LogP contribution in [0.1, 0.15) is 0 Å². The maximum atomic E-state index is 2.57. The first-order valence-electron chi connectivity index (χ1n) is 20.1. The fourth-order valence-electron chi connectivity index (χ4n) is 10.3. The highest BCUT2D eigenvalue weighted by Gasteiger charge is 2.26. The summed E-state index contributed by atoms with van der Waals surface area (Å²) < 4.78 is 5.13. The van der Waals surface area contributed by atoms with E-state index in [1.165, 1.54) is 120 Å². The molecule has 0 aliphatic rings.